The van der Waals surface area contributed by atoms with E-state index in [1.54, 1.807) is 0 Å². The van der Waals surface area contributed by atoms with E-state index in [1.807, 2.05) is 60.7 Å². The summed E-state index contributed by atoms with van der Waals surface area (Å²) in [4.78, 5) is 0. The Balaban J connectivity index is 0. The summed E-state index contributed by atoms with van der Waals surface area (Å²) in [6, 6.07) is 20.0. The fourth-order valence-corrected chi connectivity index (χ4v) is 1.03. The zero-order valence-electron chi connectivity index (χ0n) is 9.50. The summed E-state index contributed by atoms with van der Waals surface area (Å²) in [5.74, 6) is 0. The Morgan fingerprint density at radius 2 is 1.00 bits per heavy atom. The van der Waals surface area contributed by atoms with E-state index in [-0.39, 0.29) is 34.1 Å². The van der Waals surface area contributed by atoms with Crippen LogP contribution in [0.25, 0.3) is 0 Å². The van der Waals surface area contributed by atoms with Gasteiger partial charge in [-0.05, 0) is 6.42 Å². The van der Waals surface area contributed by atoms with E-state index >= 15 is 0 Å². The summed E-state index contributed by atoms with van der Waals surface area (Å²) >= 11 is 0. The van der Waals surface area contributed by atoms with Crippen molar-refractivity contribution < 1.29 is 34.1 Å². The van der Waals surface area contributed by atoms with Gasteiger partial charge in [-0.15, -0.1) is 0 Å². The van der Waals surface area contributed by atoms with Crippen molar-refractivity contribution in [3.63, 3.8) is 0 Å². The molecule has 2 aromatic rings. The van der Waals surface area contributed by atoms with Crippen LogP contribution in [0.3, 0.4) is 0 Å². The van der Waals surface area contributed by atoms with Crippen LogP contribution in [0.4, 0.5) is 0 Å². The molecule has 0 aliphatic heterocycles. The summed E-state index contributed by atoms with van der Waals surface area (Å²) in [5.41, 5.74) is 0. The number of hydrogen-bond donors (Lipinski definition) is 0. The molecule has 0 saturated carbocycles. The normalized spacial score (nSPS) is 9.88. The van der Waals surface area contributed by atoms with E-state index in [1.165, 1.54) is 0 Å². The molecule has 0 bridgehead atoms. The van der Waals surface area contributed by atoms with Crippen LogP contribution in [-0.2, 0) is 34.1 Å². The van der Waals surface area contributed by atoms with Crippen LogP contribution in [0.1, 0.15) is 6.42 Å². The first kappa shape index (κ1) is 18.6. The molecule has 0 N–H and O–H groups in total. The second-order valence-electron chi connectivity index (χ2n) is 3.02. The van der Waals surface area contributed by atoms with Gasteiger partial charge in [0.1, 0.15) is 0 Å². The molecule has 0 fully saturated rings. The summed E-state index contributed by atoms with van der Waals surface area (Å²) in [6.07, 6.45) is 9.50. The van der Waals surface area contributed by atoms with Crippen LogP contribution < -0.4 is 0 Å². The minimum atomic E-state index is 0. The molecule has 0 aromatic heterocycles. The summed E-state index contributed by atoms with van der Waals surface area (Å²) in [7, 11) is 0. The molecule has 0 amide bonds. The maximum atomic E-state index is 2.12. The first-order chi connectivity index (χ1) is 7.50. The van der Waals surface area contributed by atoms with E-state index < -0.39 is 0 Å². The molecule has 0 radical (unpaired) electrons. The van der Waals surface area contributed by atoms with Gasteiger partial charge in [-0.3, -0.25) is 0 Å². The predicted molar refractivity (Wildman–Crippen MR) is 67.0 cm³/mol. The van der Waals surface area contributed by atoms with E-state index in [2.05, 4.69) is 24.3 Å². The number of allylic oxidation sites excluding steroid dienone is 4. The van der Waals surface area contributed by atoms with E-state index in [0.29, 0.717) is 0 Å². The average molecular weight is 308 g/mol. The molecule has 1 aliphatic carbocycles. The van der Waals surface area contributed by atoms with Crippen molar-refractivity contribution in [2.75, 3.05) is 0 Å². The minimum Gasteiger partial charge on any atom is -0.214 e. The SMILES string of the molecule is C1=CCC=C1.[Fe+2].[Fe].c1cc[cH-]c1.c1cc[cH-]c1. The summed E-state index contributed by atoms with van der Waals surface area (Å²) in [6.45, 7) is 0. The molecular weight excluding hydrogens is 292 g/mol. The van der Waals surface area contributed by atoms with E-state index in [4.69, 9.17) is 0 Å². The van der Waals surface area contributed by atoms with Crippen LogP contribution in [0.5, 0.6) is 0 Å². The van der Waals surface area contributed by atoms with Gasteiger partial charge in [-0.2, -0.15) is 36.4 Å². The zero-order chi connectivity index (χ0) is 10.6. The molecule has 17 heavy (non-hydrogen) atoms. The van der Waals surface area contributed by atoms with E-state index in [9.17, 15) is 0 Å². The summed E-state index contributed by atoms with van der Waals surface area (Å²) in [5, 5.41) is 0. The Morgan fingerprint density at radius 1 is 0.647 bits per heavy atom. The van der Waals surface area contributed by atoms with Gasteiger partial charge in [0.15, 0.2) is 0 Å². The molecule has 0 spiro atoms. The largest absolute Gasteiger partial charge is 2.00 e. The fourth-order valence-electron chi connectivity index (χ4n) is 1.03. The van der Waals surface area contributed by atoms with Crippen LogP contribution in [0.15, 0.2) is 85.0 Å². The zero-order valence-corrected chi connectivity index (χ0v) is 11.7. The van der Waals surface area contributed by atoms with Gasteiger partial charge in [0, 0.05) is 17.1 Å². The Kier molecular flexibility index (Phi) is 16.6. The van der Waals surface area contributed by atoms with Crippen molar-refractivity contribution in [1.29, 1.82) is 0 Å². The van der Waals surface area contributed by atoms with Gasteiger partial charge in [0.05, 0.1) is 0 Å². The van der Waals surface area contributed by atoms with Crippen molar-refractivity contribution in [3.05, 3.63) is 85.0 Å². The van der Waals surface area contributed by atoms with Crippen LogP contribution in [-0.4, -0.2) is 0 Å². The molecule has 2 aromatic carbocycles. The summed E-state index contributed by atoms with van der Waals surface area (Å²) < 4.78 is 0. The van der Waals surface area contributed by atoms with Crippen molar-refractivity contribution in [1.82, 2.24) is 0 Å². The van der Waals surface area contributed by atoms with Gasteiger partial charge < -0.3 is 0 Å². The number of rotatable bonds is 0. The molecule has 0 unspecified atom stereocenters. The maximum Gasteiger partial charge on any atom is 2.00 e. The van der Waals surface area contributed by atoms with E-state index in [0.717, 1.165) is 6.42 Å². The molecule has 0 heterocycles. The first-order valence-corrected chi connectivity index (χ1v) is 5.15. The average Bonchev–Trinajstić information content (AvgIpc) is 3.09. The molecule has 1 aliphatic rings. The molecule has 2 heteroatoms. The fraction of sp³-hybridized carbons (Fsp3) is 0.0667. The third-order valence-electron chi connectivity index (χ3n) is 1.77. The smallest absolute Gasteiger partial charge is 0.214 e. The topological polar surface area (TPSA) is 0 Å². The molecule has 92 valence electrons. The minimum absolute atomic E-state index is 0. The molecule has 0 atom stereocenters. The van der Waals surface area contributed by atoms with Crippen LogP contribution in [0, 0.1) is 0 Å². The predicted octanol–water partition coefficient (Wildman–Crippen LogP) is 4.31. The third kappa shape index (κ3) is 13.2. The Labute approximate surface area is 125 Å². The van der Waals surface area contributed by atoms with Gasteiger partial charge in [-0.25, -0.2) is 24.3 Å². The van der Waals surface area contributed by atoms with Gasteiger partial charge in [0.2, 0.25) is 0 Å². The van der Waals surface area contributed by atoms with Gasteiger partial charge >= 0.3 is 17.1 Å². The van der Waals surface area contributed by atoms with Crippen molar-refractivity contribution in [2.24, 2.45) is 0 Å². The Hall–Kier alpha value is -0.781. The third-order valence-corrected chi connectivity index (χ3v) is 1.77. The van der Waals surface area contributed by atoms with Crippen molar-refractivity contribution in [3.8, 4) is 0 Å². The van der Waals surface area contributed by atoms with Gasteiger partial charge in [0.25, 0.3) is 0 Å². The van der Waals surface area contributed by atoms with Gasteiger partial charge in [-0.1, -0.05) is 24.3 Å². The Morgan fingerprint density at radius 3 is 1.12 bits per heavy atom. The second kappa shape index (κ2) is 15.2. The van der Waals surface area contributed by atoms with Crippen LogP contribution in [0.2, 0.25) is 0 Å². The molecule has 0 nitrogen and oxygen atoms in total. The molecular formula is C15H16Fe2. The van der Waals surface area contributed by atoms with Crippen molar-refractivity contribution >= 4 is 0 Å². The van der Waals surface area contributed by atoms with Crippen LogP contribution >= 0.6 is 0 Å². The maximum absolute atomic E-state index is 2.12. The number of hydrogen-bond acceptors (Lipinski definition) is 0. The quantitative estimate of drug-likeness (QED) is 0.502. The first-order valence-electron chi connectivity index (χ1n) is 5.15. The second-order valence-corrected chi connectivity index (χ2v) is 3.02. The standard InChI is InChI=1S/C5H6.2C5H5.2Fe/c3*1-2-4-5-3-1;;/h1-4H,5H2;2*1-5H;;/q;2*-1;;+2. The van der Waals surface area contributed by atoms with Crippen molar-refractivity contribution in [2.45, 2.75) is 6.42 Å². The molecule has 3 rings (SSSR count). The monoisotopic (exact) mass is 308 g/mol. The molecule has 0 saturated heterocycles. The Bertz CT molecular complexity index is 271.